The van der Waals surface area contributed by atoms with Crippen molar-refractivity contribution in [3.63, 3.8) is 0 Å². The lowest BCUT2D eigenvalue weighted by molar-refractivity contribution is 0.426. The number of hydrogen-bond acceptors (Lipinski definition) is 4. The van der Waals surface area contributed by atoms with E-state index in [1.165, 1.54) is 24.6 Å². The molecular formula is C14H22N2O4S2. The fourth-order valence-corrected chi connectivity index (χ4v) is 4.66. The van der Waals surface area contributed by atoms with E-state index in [4.69, 9.17) is 5.14 Å². The van der Waals surface area contributed by atoms with E-state index in [1.54, 1.807) is 0 Å². The largest absolute Gasteiger partial charge is 0.240 e. The van der Waals surface area contributed by atoms with Crippen LogP contribution in [0.25, 0.3) is 0 Å². The molecule has 0 heterocycles. The zero-order chi connectivity index (χ0) is 16.2. The van der Waals surface area contributed by atoms with E-state index in [0.29, 0.717) is 0 Å². The second kappa shape index (κ2) is 7.08. The molecule has 124 valence electrons. The van der Waals surface area contributed by atoms with E-state index in [-0.39, 0.29) is 15.8 Å². The third-order valence-corrected chi connectivity index (χ3v) is 6.30. The number of sulfonamides is 2. The third kappa shape index (κ3) is 4.77. The van der Waals surface area contributed by atoms with Gasteiger partial charge in [-0.2, -0.15) is 0 Å². The number of nitrogens with one attached hydrogen (secondary N) is 1. The molecule has 0 radical (unpaired) electrons. The molecule has 6 nitrogen and oxygen atoms in total. The Morgan fingerprint density at radius 3 is 2.05 bits per heavy atom. The summed E-state index contributed by atoms with van der Waals surface area (Å²) in [6.07, 6.45) is 7.09. The van der Waals surface area contributed by atoms with Gasteiger partial charge in [-0.3, -0.25) is 0 Å². The van der Waals surface area contributed by atoms with Gasteiger partial charge in [-0.1, -0.05) is 38.2 Å². The van der Waals surface area contributed by atoms with Crippen LogP contribution >= 0.6 is 0 Å². The summed E-state index contributed by atoms with van der Waals surface area (Å²) in [4.78, 5) is -0.269. The quantitative estimate of drug-likeness (QED) is 0.865. The Hall–Kier alpha value is -0.960. The van der Waals surface area contributed by atoms with Crippen molar-refractivity contribution < 1.29 is 16.8 Å². The smallest absolute Gasteiger partial charge is 0.225 e. The van der Waals surface area contributed by atoms with E-state index in [0.717, 1.165) is 44.6 Å². The Bertz CT molecular complexity index is 706. The first-order valence-electron chi connectivity index (χ1n) is 7.44. The van der Waals surface area contributed by atoms with Gasteiger partial charge < -0.3 is 0 Å². The Kier molecular flexibility index (Phi) is 5.60. The van der Waals surface area contributed by atoms with Gasteiger partial charge in [-0.15, -0.1) is 0 Å². The van der Waals surface area contributed by atoms with Crippen molar-refractivity contribution in [1.82, 2.24) is 4.72 Å². The summed E-state index contributed by atoms with van der Waals surface area (Å²) in [7, 11) is -7.66. The van der Waals surface area contributed by atoms with Crippen molar-refractivity contribution in [2.24, 2.45) is 5.14 Å². The zero-order valence-electron chi connectivity index (χ0n) is 12.4. The summed E-state index contributed by atoms with van der Waals surface area (Å²) < 4.78 is 50.3. The second-order valence-electron chi connectivity index (χ2n) is 5.68. The molecule has 0 amide bonds. The second-order valence-corrected chi connectivity index (χ2v) is 8.96. The normalized spacial score (nSPS) is 18.6. The Morgan fingerprint density at radius 1 is 0.909 bits per heavy atom. The lowest BCUT2D eigenvalue weighted by atomic mass is 9.97. The predicted octanol–water partition coefficient (Wildman–Crippen LogP) is 1.73. The van der Waals surface area contributed by atoms with Crippen LogP contribution in [0, 0.1) is 0 Å². The highest BCUT2D eigenvalue weighted by atomic mass is 32.2. The fraction of sp³-hybridized carbons (Fsp3) is 0.571. The molecule has 1 fully saturated rings. The molecule has 8 heteroatoms. The van der Waals surface area contributed by atoms with Gasteiger partial charge in [0.15, 0.2) is 0 Å². The van der Waals surface area contributed by atoms with Gasteiger partial charge in [0.25, 0.3) is 0 Å². The van der Waals surface area contributed by atoms with E-state index in [2.05, 4.69) is 4.72 Å². The van der Waals surface area contributed by atoms with Crippen LogP contribution in [0.3, 0.4) is 0 Å². The van der Waals surface area contributed by atoms with Gasteiger partial charge in [-0.05, 0) is 31.0 Å². The van der Waals surface area contributed by atoms with Crippen molar-refractivity contribution in [1.29, 1.82) is 0 Å². The molecule has 1 aliphatic carbocycles. The highest BCUT2D eigenvalue weighted by Gasteiger charge is 2.22. The molecule has 0 aromatic heterocycles. The van der Waals surface area contributed by atoms with Crippen molar-refractivity contribution in [3.8, 4) is 0 Å². The molecule has 0 spiro atoms. The maximum absolute atomic E-state index is 12.4. The average Bonchev–Trinajstić information content (AvgIpc) is 2.41. The summed E-state index contributed by atoms with van der Waals surface area (Å²) in [5.74, 6) is 0. The molecule has 0 aliphatic heterocycles. The van der Waals surface area contributed by atoms with Crippen molar-refractivity contribution in [3.05, 3.63) is 24.3 Å². The minimum absolute atomic E-state index is 0.0684. The number of primary sulfonamides is 1. The van der Waals surface area contributed by atoms with Crippen LogP contribution in [-0.4, -0.2) is 22.9 Å². The summed E-state index contributed by atoms with van der Waals surface area (Å²) in [5, 5.41) is 5.05. The molecule has 1 aromatic carbocycles. The zero-order valence-corrected chi connectivity index (χ0v) is 14.0. The molecule has 1 aliphatic rings. The fourth-order valence-electron chi connectivity index (χ4n) is 2.68. The van der Waals surface area contributed by atoms with Crippen LogP contribution in [0.5, 0.6) is 0 Å². The summed E-state index contributed by atoms with van der Waals surface area (Å²) in [6, 6.07) is 5.04. The molecule has 0 unspecified atom stereocenters. The molecular weight excluding hydrogens is 324 g/mol. The molecule has 0 saturated heterocycles. The van der Waals surface area contributed by atoms with Gasteiger partial charge in [-0.25, -0.2) is 26.7 Å². The van der Waals surface area contributed by atoms with E-state index in [9.17, 15) is 16.8 Å². The molecule has 0 bridgehead atoms. The van der Waals surface area contributed by atoms with Gasteiger partial charge in [0.2, 0.25) is 20.0 Å². The number of hydrogen-bond donors (Lipinski definition) is 2. The highest BCUT2D eigenvalue weighted by Crippen LogP contribution is 2.20. The number of benzene rings is 1. The first-order valence-corrected chi connectivity index (χ1v) is 10.5. The lowest BCUT2D eigenvalue weighted by Gasteiger charge is -2.21. The van der Waals surface area contributed by atoms with E-state index in [1.807, 2.05) is 0 Å². The summed E-state index contributed by atoms with van der Waals surface area (Å²) in [6.45, 7) is 0. The summed E-state index contributed by atoms with van der Waals surface area (Å²) in [5.41, 5.74) is 0. The van der Waals surface area contributed by atoms with E-state index < -0.39 is 20.0 Å². The van der Waals surface area contributed by atoms with E-state index >= 15 is 0 Å². The SMILES string of the molecule is NS(=O)(=O)c1cccc(S(=O)(=O)NC2CCCCCCC2)c1. The third-order valence-electron chi connectivity index (χ3n) is 3.87. The van der Waals surface area contributed by atoms with Crippen LogP contribution in [0.1, 0.15) is 44.9 Å². The van der Waals surface area contributed by atoms with Crippen LogP contribution in [-0.2, 0) is 20.0 Å². The average molecular weight is 346 g/mol. The number of nitrogens with two attached hydrogens (primary N) is 1. The Labute approximate surface area is 132 Å². The Balaban J connectivity index is 2.19. The molecule has 22 heavy (non-hydrogen) atoms. The predicted molar refractivity (Wildman–Crippen MR) is 84.2 cm³/mol. The van der Waals surface area contributed by atoms with Crippen LogP contribution in [0.15, 0.2) is 34.1 Å². The standard InChI is InChI=1S/C14H22N2O4S2/c15-21(17,18)13-9-6-10-14(11-13)22(19,20)16-12-7-4-2-1-3-5-8-12/h6,9-12,16H,1-5,7-8H2,(H2,15,17,18). The van der Waals surface area contributed by atoms with Crippen LogP contribution in [0.2, 0.25) is 0 Å². The van der Waals surface area contributed by atoms with Gasteiger partial charge >= 0.3 is 0 Å². The minimum atomic E-state index is -3.92. The van der Waals surface area contributed by atoms with Crippen LogP contribution in [0.4, 0.5) is 0 Å². The first-order chi connectivity index (χ1) is 10.3. The molecule has 0 atom stereocenters. The molecule has 2 rings (SSSR count). The van der Waals surface area contributed by atoms with Gasteiger partial charge in [0.1, 0.15) is 0 Å². The monoisotopic (exact) mass is 346 g/mol. The maximum atomic E-state index is 12.4. The molecule has 1 saturated carbocycles. The molecule has 3 N–H and O–H groups in total. The van der Waals surface area contributed by atoms with Crippen molar-refractivity contribution in [2.75, 3.05) is 0 Å². The molecule has 1 aromatic rings. The van der Waals surface area contributed by atoms with Gasteiger partial charge in [0.05, 0.1) is 9.79 Å². The minimum Gasteiger partial charge on any atom is -0.225 e. The first kappa shape index (κ1) is 17.4. The van der Waals surface area contributed by atoms with Crippen molar-refractivity contribution in [2.45, 2.75) is 60.8 Å². The van der Waals surface area contributed by atoms with Gasteiger partial charge in [0, 0.05) is 6.04 Å². The number of rotatable bonds is 4. The lowest BCUT2D eigenvalue weighted by Crippen LogP contribution is -2.35. The maximum Gasteiger partial charge on any atom is 0.240 e. The highest BCUT2D eigenvalue weighted by molar-refractivity contribution is 7.90. The topological polar surface area (TPSA) is 106 Å². The summed E-state index contributed by atoms with van der Waals surface area (Å²) >= 11 is 0. The van der Waals surface area contributed by atoms with Crippen molar-refractivity contribution >= 4 is 20.0 Å². The Morgan fingerprint density at radius 2 is 1.45 bits per heavy atom. The van der Waals surface area contributed by atoms with Crippen LogP contribution < -0.4 is 9.86 Å².